The Labute approximate surface area is 129 Å². The summed E-state index contributed by atoms with van der Waals surface area (Å²) in [4.78, 5) is 0. The molecule has 0 aliphatic heterocycles. The number of benzene rings is 2. The number of anilines is 1. The summed E-state index contributed by atoms with van der Waals surface area (Å²) in [5.74, 6) is 0.631. The Kier molecular flexibility index (Phi) is 5.40. The maximum atomic E-state index is 9.41. The van der Waals surface area contributed by atoms with Crippen LogP contribution in [0, 0.1) is 0 Å². The summed E-state index contributed by atoms with van der Waals surface area (Å²) in [5, 5.41) is 23.0. The van der Waals surface area contributed by atoms with E-state index in [4.69, 9.17) is 9.47 Å². The zero-order valence-electron chi connectivity index (χ0n) is 12.4. The molecule has 0 atom stereocenters. The van der Waals surface area contributed by atoms with E-state index in [0.717, 1.165) is 5.69 Å². The van der Waals surface area contributed by atoms with E-state index in [0.29, 0.717) is 17.1 Å². The lowest BCUT2D eigenvalue weighted by Crippen LogP contribution is -2.32. The predicted octanol–water partition coefficient (Wildman–Crippen LogP) is 0.830. The summed E-state index contributed by atoms with van der Waals surface area (Å²) in [6.07, 6.45) is 1.59. The van der Waals surface area contributed by atoms with E-state index in [9.17, 15) is 10.0 Å². The van der Waals surface area contributed by atoms with Gasteiger partial charge in [0.25, 0.3) is 0 Å². The van der Waals surface area contributed by atoms with Gasteiger partial charge in [-0.15, -0.1) is 0 Å². The zero-order chi connectivity index (χ0) is 15.9. The largest absolute Gasteiger partial charge is 0.497 e. The fraction of sp³-hybridized carbons (Fsp3) is 0.133. The number of hydrogen-bond acceptors (Lipinski definition) is 6. The minimum absolute atomic E-state index is 0.179. The third-order valence-corrected chi connectivity index (χ3v) is 3.01. The third kappa shape index (κ3) is 3.78. The van der Waals surface area contributed by atoms with Crippen molar-refractivity contribution in [1.82, 2.24) is 0 Å². The van der Waals surface area contributed by atoms with Crippen LogP contribution in [0.2, 0.25) is 0 Å². The molecular formula is C15H17BN2O4. The number of methoxy groups -OCH3 is 2. The fourth-order valence-corrected chi connectivity index (χ4v) is 1.98. The van der Waals surface area contributed by atoms with Gasteiger partial charge in [0, 0.05) is 5.56 Å². The normalized spacial score (nSPS) is 10.5. The zero-order valence-corrected chi connectivity index (χ0v) is 12.4. The average molecular weight is 300 g/mol. The number of nitrogens with zero attached hydrogens (tertiary/aromatic N) is 1. The van der Waals surface area contributed by atoms with E-state index in [-0.39, 0.29) is 5.46 Å². The van der Waals surface area contributed by atoms with Crippen molar-refractivity contribution in [3.8, 4) is 11.5 Å². The Bertz CT molecular complexity index is 622. The molecule has 0 radical (unpaired) electrons. The van der Waals surface area contributed by atoms with Crippen LogP contribution in [0.15, 0.2) is 47.6 Å². The first kappa shape index (κ1) is 15.9. The fourth-order valence-electron chi connectivity index (χ4n) is 1.98. The molecule has 0 heterocycles. The van der Waals surface area contributed by atoms with Gasteiger partial charge in [-0.05, 0) is 24.3 Å². The van der Waals surface area contributed by atoms with Gasteiger partial charge in [0.1, 0.15) is 11.5 Å². The predicted molar refractivity (Wildman–Crippen MR) is 87.0 cm³/mol. The second-order valence-corrected chi connectivity index (χ2v) is 4.45. The van der Waals surface area contributed by atoms with E-state index in [2.05, 4.69) is 10.5 Å². The van der Waals surface area contributed by atoms with Crippen LogP contribution >= 0.6 is 0 Å². The van der Waals surface area contributed by atoms with Gasteiger partial charge in [-0.2, -0.15) is 5.10 Å². The Balaban J connectivity index is 2.24. The molecule has 2 rings (SSSR count). The lowest BCUT2D eigenvalue weighted by Gasteiger charge is -2.13. The van der Waals surface area contributed by atoms with Gasteiger partial charge in [0.2, 0.25) is 0 Å². The van der Waals surface area contributed by atoms with Crippen molar-refractivity contribution in [1.29, 1.82) is 0 Å². The van der Waals surface area contributed by atoms with Crippen LogP contribution in [0.5, 0.6) is 11.5 Å². The first-order valence-corrected chi connectivity index (χ1v) is 6.62. The number of rotatable bonds is 6. The molecule has 0 bridgehead atoms. The Morgan fingerprint density at radius 1 is 1.05 bits per heavy atom. The van der Waals surface area contributed by atoms with E-state index in [1.807, 2.05) is 30.3 Å². The van der Waals surface area contributed by atoms with Crippen LogP contribution in [-0.4, -0.2) is 37.6 Å². The van der Waals surface area contributed by atoms with Crippen LogP contribution in [0.1, 0.15) is 5.56 Å². The number of nitrogens with one attached hydrogen (secondary N) is 1. The number of ether oxygens (including phenoxy) is 2. The molecule has 0 aromatic heterocycles. The summed E-state index contributed by atoms with van der Waals surface area (Å²) in [6, 6.07) is 12.8. The molecule has 114 valence electrons. The summed E-state index contributed by atoms with van der Waals surface area (Å²) >= 11 is 0. The highest BCUT2D eigenvalue weighted by atomic mass is 16.5. The topological polar surface area (TPSA) is 83.3 Å². The molecule has 0 amide bonds. The molecule has 0 unspecified atom stereocenters. The smallest absolute Gasteiger partial charge is 0.496 e. The second kappa shape index (κ2) is 7.49. The maximum Gasteiger partial charge on any atom is 0.496 e. The molecule has 0 spiro atoms. The second-order valence-electron chi connectivity index (χ2n) is 4.45. The van der Waals surface area contributed by atoms with Crippen molar-refractivity contribution in [3.05, 3.63) is 48.0 Å². The van der Waals surface area contributed by atoms with Gasteiger partial charge >= 0.3 is 7.12 Å². The molecule has 6 nitrogen and oxygen atoms in total. The quantitative estimate of drug-likeness (QED) is 0.418. The van der Waals surface area contributed by atoms with Crippen LogP contribution in [0.3, 0.4) is 0 Å². The average Bonchev–Trinajstić information content (AvgIpc) is 2.54. The van der Waals surface area contributed by atoms with E-state index >= 15 is 0 Å². The van der Waals surface area contributed by atoms with Crippen LogP contribution in [0.4, 0.5) is 5.69 Å². The first-order valence-electron chi connectivity index (χ1n) is 6.62. The molecule has 0 saturated heterocycles. The highest BCUT2D eigenvalue weighted by Gasteiger charge is 2.23. The van der Waals surface area contributed by atoms with Gasteiger partial charge in [0.15, 0.2) is 0 Å². The minimum atomic E-state index is -1.68. The van der Waals surface area contributed by atoms with Crippen molar-refractivity contribution in [2.75, 3.05) is 19.6 Å². The molecule has 7 heteroatoms. The number of hydrogen-bond donors (Lipinski definition) is 3. The lowest BCUT2D eigenvalue weighted by molar-refractivity contribution is 0.385. The standard InChI is InChI=1S/C15H17BN2O4/c1-21-13-8-11(9-14(22-2)15(13)16(19)20)10-17-18-12-6-4-3-5-7-12/h3-10,18-20H,1-2H3. The summed E-state index contributed by atoms with van der Waals surface area (Å²) in [5.41, 5.74) is 4.63. The Morgan fingerprint density at radius 2 is 1.64 bits per heavy atom. The Morgan fingerprint density at radius 3 is 2.14 bits per heavy atom. The molecule has 0 fully saturated rings. The number of para-hydroxylation sites is 1. The molecule has 22 heavy (non-hydrogen) atoms. The minimum Gasteiger partial charge on any atom is -0.497 e. The van der Waals surface area contributed by atoms with Crippen LogP contribution in [0.25, 0.3) is 0 Å². The van der Waals surface area contributed by atoms with Crippen LogP contribution < -0.4 is 20.4 Å². The lowest BCUT2D eigenvalue weighted by atomic mass is 9.78. The molecular weight excluding hydrogens is 283 g/mol. The van der Waals surface area contributed by atoms with Crippen molar-refractivity contribution < 1.29 is 19.5 Å². The van der Waals surface area contributed by atoms with Gasteiger partial charge in [-0.3, -0.25) is 5.43 Å². The van der Waals surface area contributed by atoms with E-state index < -0.39 is 7.12 Å². The molecule has 3 N–H and O–H groups in total. The molecule has 0 saturated carbocycles. The van der Waals surface area contributed by atoms with Gasteiger partial charge in [-0.25, -0.2) is 0 Å². The molecule has 0 aliphatic carbocycles. The summed E-state index contributed by atoms with van der Waals surface area (Å²) < 4.78 is 10.3. The first-order chi connectivity index (χ1) is 10.7. The van der Waals surface area contributed by atoms with Crippen molar-refractivity contribution in [3.63, 3.8) is 0 Å². The SMILES string of the molecule is COc1cc(C=NNc2ccccc2)cc(OC)c1B(O)O. The van der Waals surface area contributed by atoms with Gasteiger partial charge in [0.05, 0.1) is 31.6 Å². The van der Waals surface area contributed by atoms with Crippen molar-refractivity contribution in [2.24, 2.45) is 5.10 Å². The highest BCUT2D eigenvalue weighted by Crippen LogP contribution is 2.19. The summed E-state index contributed by atoms with van der Waals surface area (Å²) in [7, 11) is 1.21. The molecule has 2 aromatic carbocycles. The summed E-state index contributed by atoms with van der Waals surface area (Å²) in [6.45, 7) is 0. The molecule has 0 aliphatic rings. The van der Waals surface area contributed by atoms with Gasteiger partial charge < -0.3 is 19.5 Å². The highest BCUT2D eigenvalue weighted by molar-refractivity contribution is 6.61. The maximum absolute atomic E-state index is 9.41. The van der Waals surface area contributed by atoms with Crippen LogP contribution in [-0.2, 0) is 0 Å². The monoisotopic (exact) mass is 300 g/mol. The van der Waals surface area contributed by atoms with E-state index in [1.54, 1.807) is 18.3 Å². The number of hydrazone groups is 1. The van der Waals surface area contributed by atoms with Crippen molar-refractivity contribution >= 4 is 24.5 Å². The Hall–Kier alpha value is -2.51. The van der Waals surface area contributed by atoms with Gasteiger partial charge in [-0.1, -0.05) is 18.2 Å². The van der Waals surface area contributed by atoms with Crippen molar-refractivity contribution in [2.45, 2.75) is 0 Å². The van der Waals surface area contributed by atoms with E-state index in [1.165, 1.54) is 14.2 Å². The molecule has 2 aromatic rings. The third-order valence-electron chi connectivity index (χ3n) is 3.01.